The Morgan fingerprint density at radius 3 is 2.40 bits per heavy atom. The molecule has 0 bridgehead atoms. The molecule has 0 aliphatic rings. The minimum Gasteiger partial charge on any atom is -0.462 e. The van der Waals surface area contributed by atoms with Crippen LogP contribution in [-0.2, 0) is 9.53 Å². The van der Waals surface area contributed by atoms with Gasteiger partial charge in [0.1, 0.15) is 0 Å². The summed E-state index contributed by atoms with van der Waals surface area (Å²) in [6.07, 6.45) is 5.62. The lowest BCUT2D eigenvalue weighted by Crippen LogP contribution is -2.10. The Balaban J connectivity index is 3.80. The van der Waals surface area contributed by atoms with Crippen molar-refractivity contribution in [3.05, 3.63) is 37.5 Å². The highest BCUT2D eigenvalue weighted by Gasteiger charge is 2.14. The summed E-state index contributed by atoms with van der Waals surface area (Å²) in [5, 5.41) is 0.0651. The van der Waals surface area contributed by atoms with Gasteiger partial charge in [-0.2, -0.15) is 0 Å². The average molecular weight is 224 g/mol. The predicted molar refractivity (Wildman–Crippen MR) is 68.0 cm³/mol. The van der Waals surface area contributed by atoms with Gasteiger partial charge in [0.15, 0.2) is 0 Å². The Morgan fingerprint density at radius 1 is 1.47 bits per heavy atom. The van der Waals surface area contributed by atoms with Crippen LogP contribution in [0.15, 0.2) is 37.5 Å². The third-order valence-corrected chi connectivity index (χ3v) is 3.69. The number of ether oxygens (including phenoxy) is 1. The van der Waals surface area contributed by atoms with E-state index in [4.69, 9.17) is 4.74 Å². The van der Waals surface area contributed by atoms with Crippen LogP contribution in [0.25, 0.3) is 0 Å². The third kappa shape index (κ3) is 5.37. The molecule has 0 aliphatic carbocycles. The molecule has 0 unspecified atom stereocenters. The minimum atomic E-state index is -0.314. The zero-order valence-electron chi connectivity index (χ0n) is 9.71. The van der Waals surface area contributed by atoms with E-state index in [0.717, 1.165) is 23.1 Å². The first-order chi connectivity index (χ1) is 6.95. The summed E-state index contributed by atoms with van der Waals surface area (Å²) in [4.78, 5) is 11.1. The Kier molecular flexibility index (Phi) is 5.94. The normalized spacial score (nSPS) is 10.7. The van der Waals surface area contributed by atoms with Crippen molar-refractivity contribution >= 4 is 16.2 Å². The summed E-state index contributed by atoms with van der Waals surface area (Å²) in [5.41, 5.74) is 0.444. The van der Waals surface area contributed by atoms with Gasteiger partial charge in [-0.05, 0) is 24.8 Å². The molecule has 0 aromatic heterocycles. The average Bonchev–Trinajstić information content (AvgIpc) is 2.23. The molecule has 0 aliphatic heterocycles. The first kappa shape index (κ1) is 13.9. The van der Waals surface area contributed by atoms with Crippen LogP contribution in [0.3, 0.4) is 0 Å². The second-order valence-electron chi connectivity index (χ2n) is 3.93. The van der Waals surface area contributed by atoms with E-state index >= 15 is 0 Å². The molecule has 0 saturated heterocycles. The maximum Gasteiger partial charge on any atom is 0.333 e. The summed E-state index contributed by atoms with van der Waals surface area (Å²) in [6, 6.07) is 0. The number of hydrogen-bond donors (Lipinski definition) is 0. The lowest BCUT2D eigenvalue weighted by atomic mass is 10.0. The molecule has 0 fully saturated rings. The van der Waals surface area contributed by atoms with Gasteiger partial charge in [-0.25, -0.2) is 4.79 Å². The molecule has 0 rings (SSSR count). The van der Waals surface area contributed by atoms with Crippen molar-refractivity contribution in [3.8, 4) is 0 Å². The van der Waals surface area contributed by atoms with Gasteiger partial charge >= 0.3 is 5.97 Å². The lowest BCUT2D eigenvalue weighted by Gasteiger charge is -2.20. The topological polar surface area (TPSA) is 26.3 Å². The van der Waals surface area contributed by atoms with Crippen LogP contribution >= 0.6 is 0 Å². The molecule has 3 heteroatoms. The van der Waals surface area contributed by atoms with Gasteiger partial charge in [0.2, 0.25) is 0 Å². The van der Waals surface area contributed by atoms with Gasteiger partial charge in [0.25, 0.3) is 0 Å². The van der Waals surface area contributed by atoms with Crippen molar-refractivity contribution in [2.24, 2.45) is 0 Å². The fraction of sp³-hybridized carbons (Fsp3) is 0.417. The molecule has 15 heavy (non-hydrogen) atoms. The van der Waals surface area contributed by atoms with E-state index in [-0.39, 0.29) is 11.0 Å². The largest absolute Gasteiger partial charge is 0.462 e. The molecule has 0 aromatic rings. The highest BCUT2D eigenvalue weighted by molar-refractivity contribution is 6.18. The quantitative estimate of drug-likeness (QED) is 0.217. The standard InChI is InChI=1S/C12H20O2Si/c1-5-12(15,6-2)8-7-9-14-11(13)10(3)4/h5-6H,1-3,7-9H2,4,15H3. The first-order valence-electron chi connectivity index (χ1n) is 5.05. The summed E-state index contributed by atoms with van der Waals surface area (Å²) >= 11 is 0. The van der Waals surface area contributed by atoms with Gasteiger partial charge in [-0.3, -0.25) is 0 Å². The van der Waals surface area contributed by atoms with Crippen molar-refractivity contribution < 1.29 is 9.53 Å². The number of hydrogen-bond acceptors (Lipinski definition) is 2. The van der Waals surface area contributed by atoms with Crippen LogP contribution in [-0.4, -0.2) is 22.8 Å². The third-order valence-electron chi connectivity index (χ3n) is 2.37. The van der Waals surface area contributed by atoms with Crippen LogP contribution in [0.4, 0.5) is 0 Å². The summed E-state index contributed by atoms with van der Waals surface area (Å²) in [6.45, 7) is 13.2. The second kappa shape index (κ2) is 6.40. The molecule has 84 valence electrons. The highest BCUT2D eigenvalue weighted by Crippen LogP contribution is 2.30. The Morgan fingerprint density at radius 2 is 2.00 bits per heavy atom. The summed E-state index contributed by atoms with van der Waals surface area (Å²) in [7, 11) is 0.985. The molecular weight excluding hydrogens is 204 g/mol. The maximum atomic E-state index is 11.1. The van der Waals surface area contributed by atoms with Gasteiger partial charge in [-0.1, -0.05) is 18.7 Å². The molecule has 0 radical (unpaired) electrons. The van der Waals surface area contributed by atoms with Crippen molar-refractivity contribution in [2.45, 2.75) is 24.8 Å². The summed E-state index contributed by atoms with van der Waals surface area (Å²) < 4.78 is 5.00. The summed E-state index contributed by atoms with van der Waals surface area (Å²) in [5.74, 6) is -0.314. The van der Waals surface area contributed by atoms with Crippen molar-refractivity contribution in [2.75, 3.05) is 6.61 Å². The highest BCUT2D eigenvalue weighted by atomic mass is 28.1. The Hall–Kier alpha value is -1.09. The predicted octanol–water partition coefficient (Wildman–Crippen LogP) is 1.78. The molecule has 2 nitrogen and oxygen atoms in total. The molecule has 0 atom stereocenters. The molecule has 0 spiro atoms. The van der Waals surface area contributed by atoms with Crippen LogP contribution in [0.1, 0.15) is 19.8 Å². The molecule has 0 aromatic carbocycles. The molecule has 0 amide bonds. The van der Waals surface area contributed by atoms with Gasteiger partial charge in [-0.15, -0.1) is 13.2 Å². The number of carbonyl (C=O) groups excluding carboxylic acids is 1. The number of esters is 1. The Labute approximate surface area is 95.1 Å². The van der Waals surface area contributed by atoms with Gasteiger partial charge in [0, 0.05) is 15.8 Å². The SMILES string of the molecule is C=CC([SiH3])(C=C)CCCOC(=O)C(=C)C. The van der Waals surface area contributed by atoms with E-state index in [9.17, 15) is 4.79 Å². The van der Waals surface area contributed by atoms with E-state index in [1.165, 1.54) is 0 Å². The number of carbonyl (C=O) groups is 1. The van der Waals surface area contributed by atoms with Crippen LogP contribution in [0, 0.1) is 0 Å². The fourth-order valence-electron chi connectivity index (χ4n) is 1.03. The maximum absolute atomic E-state index is 11.1. The number of allylic oxidation sites excluding steroid dienone is 2. The molecular formula is C12H20O2Si. The number of rotatable bonds is 7. The van der Waals surface area contributed by atoms with E-state index < -0.39 is 0 Å². The molecule has 0 heterocycles. The van der Waals surface area contributed by atoms with Crippen LogP contribution in [0.2, 0.25) is 5.04 Å². The second-order valence-corrected chi connectivity index (χ2v) is 5.80. The molecule has 0 N–H and O–H groups in total. The Bertz CT molecular complexity index is 261. The first-order valence-corrected chi connectivity index (χ1v) is 6.05. The smallest absolute Gasteiger partial charge is 0.333 e. The van der Waals surface area contributed by atoms with E-state index in [1.807, 2.05) is 12.2 Å². The molecule has 0 saturated carbocycles. The van der Waals surface area contributed by atoms with Crippen molar-refractivity contribution in [1.29, 1.82) is 0 Å². The van der Waals surface area contributed by atoms with E-state index in [1.54, 1.807) is 6.92 Å². The zero-order valence-corrected chi connectivity index (χ0v) is 11.7. The van der Waals surface area contributed by atoms with Crippen molar-refractivity contribution in [3.63, 3.8) is 0 Å². The monoisotopic (exact) mass is 224 g/mol. The fourth-order valence-corrected chi connectivity index (χ4v) is 1.38. The van der Waals surface area contributed by atoms with Gasteiger partial charge in [0.05, 0.1) is 6.61 Å². The van der Waals surface area contributed by atoms with E-state index in [2.05, 4.69) is 19.7 Å². The minimum absolute atomic E-state index is 0.0651. The lowest BCUT2D eigenvalue weighted by molar-refractivity contribution is -0.139. The van der Waals surface area contributed by atoms with E-state index in [0.29, 0.717) is 12.2 Å². The van der Waals surface area contributed by atoms with Gasteiger partial charge < -0.3 is 4.74 Å². The van der Waals surface area contributed by atoms with Crippen LogP contribution in [0.5, 0.6) is 0 Å². The zero-order chi connectivity index (χ0) is 11.9. The van der Waals surface area contributed by atoms with Crippen molar-refractivity contribution in [1.82, 2.24) is 0 Å². The van der Waals surface area contributed by atoms with Crippen LogP contribution < -0.4 is 0 Å².